The van der Waals surface area contributed by atoms with Crippen LogP contribution in [0.15, 0.2) is 3.92 Å². The van der Waals surface area contributed by atoms with E-state index in [1.54, 1.807) is 11.3 Å². The fraction of sp³-hybridized carbons (Fsp3) is 0.778. The van der Waals surface area contributed by atoms with Gasteiger partial charge in [-0.1, -0.05) is 11.3 Å². The quantitative estimate of drug-likeness (QED) is 0.793. The van der Waals surface area contributed by atoms with Crippen molar-refractivity contribution < 1.29 is 4.74 Å². The first-order chi connectivity index (χ1) is 7.34. The smallest absolute Gasteiger partial charge is 0.209 e. The van der Waals surface area contributed by atoms with Crippen LogP contribution in [0.4, 0.5) is 5.13 Å². The molecule has 6 heteroatoms. The SMILES string of the molecule is Brc1nnc(N2CCOC3CCCC32)s1. The van der Waals surface area contributed by atoms with Gasteiger partial charge in [0.15, 0.2) is 3.92 Å². The van der Waals surface area contributed by atoms with E-state index in [-0.39, 0.29) is 0 Å². The van der Waals surface area contributed by atoms with Gasteiger partial charge in [0.2, 0.25) is 5.13 Å². The molecular formula is C9H12BrN3OS. The summed E-state index contributed by atoms with van der Waals surface area (Å²) < 4.78 is 6.62. The molecule has 1 aliphatic carbocycles. The Bertz CT molecular complexity index is 359. The molecule has 3 rings (SSSR count). The highest BCUT2D eigenvalue weighted by Crippen LogP contribution is 2.35. The van der Waals surface area contributed by atoms with Crippen LogP contribution in [0, 0.1) is 0 Å². The fourth-order valence-corrected chi connectivity index (χ4v) is 3.65. The molecule has 2 unspecified atom stereocenters. The number of aromatic nitrogens is 2. The molecule has 1 aromatic rings. The molecular weight excluding hydrogens is 278 g/mol. The van der Waals surface area contributed by atoms with E-state index in [4.69, 9.17) is 4.74 Å². The number of halogens is 1. The van der Waals surface area contributed by atoms with Gasteiger partial charge in [-0.3, -0.25) is 0 Å². The summed E-state index contributed by atoms with van der Waals surface area (Å²) in [6.07, 6.45) is 4.11. The van der Waals surface area contributed by atoms with Gasteiger partial charge in [0.1, 0.15) is 0 Å². The summed E-state index contributed by atoms with van der Waals surface area (Å²) >= 11 is 4.97. The second-order valence-electron chi connectivity index (χ2n) is 3.94. The topological polar surface area (TPSA) is 38.2 Å². The van der Waals surface area contributed by atoms with Gasteiger partial charge in [-0.05, 0) is 35.2 Å². The number of rotatable bonds is 1. The Morgan fingerprint density at radius 2 is 2.33 bits per heavy atom. The Kier molecular flexibility index (Phi) is 2.66. The van der Waals surface area contributed by atoms with Crippen molar-refractivity contribution >= 4 is 32.4 Å². The predicted octanol–water partition coefficient (Wildman–Crippen LogP) is 2.06. The third-order valence-corrected chi connectivity index (χ3v) is 4.51. The van der Waals surface area contributed by atoms with Crippen molar-refractivity contribution in [1.29, 1.82) is 0 Å². The van der Waals surface area contributed by atoms with Gasteiger partial charge in [0.05, 0.1) is 18.8 Å². The Balaban J connectivity index is 1.85. The van der Waals surface area contributed by atoms with E-state index < -0.39 is 0 Å². The summed E-state index contributed by atoms with van der Waals surface area (Å²) in [4.78, 5) is 2.36. The summed E-state index contributed by atoms with van der Waals surface area (Å²) in [5.41, 5.74) is 0. The van der Waals surface area contributed by atoms with Crippen LogP contribution >= 0.6 is 27.3 Å². The normalized spacial score (nSPS) is 30.6. The molecule has 2 atom stereocenters. The van der Waals surface area contributed by atoms with Gasteiger partial charge >= 0.3 is 0 Å². The number of ether oxygens (including phenoxy) is 1. The molecule has 4 nitrogen and oxygen atoms in total. The lowest BCUT2D eigenvalue weighted by molar-refractivity contribution is 0.0256. The molecule has 1 aliphatic heterocycles. The first-order valence-corrected chi connectivity index (χ1v) is 6.83. The van der Waals surface area contributed by atoms with Gasteiger partial charge < -0.3 is 9.64 Å². The highest BCUT2D eigenvalue weighted by molar-refractivity contribution is 9.11. The van der Waals surface area contributed by atoms with Gasteiger partial charge in [-0.2, -0.15) is 0 Å². The predicted molar refractivity (Wildman–Crippen MR) is 62.3 cm³/mol. The number of hydrogen-bond donors (Lipinski definition) is 0. The van der Waals surface area contributed by atoms with Crippen molar-refractivity contribution in [3.63, 3.8) is 0 Å². The number of anilines is 1. The van der Waals surface area contributed by atoms with Crippen molar-refractivity contribution in [2.75, 3.05) is 18.1 Å². The maximum absolute atomic E-state index is 5.76. The highest BCUT2D eigenvalue weighted by atomic mass is 79.9. The number of fused-ring (bicyclic) bond motifs is 1. The number of morpholine rings is 1. The summed E-state index contributed by atoms with van der Waals surface area (Å²) in [6, 6.07) is 0.526. The Morgan fingerprint density at radius 1 is 1.40 bits per heavy atom. The molecule has 0 bridgehead atoms. The first kappa shape index (κ1) is 9.99. The Morgan fingerprint density at radius 3 is 3.13 bits per heavy atom. The Labute approximate surface area is 101 Å². The van der Waals surface area contributed by atoms with E-state index in [0.717, 1.165) is 22.2 Å². The lowest BCUT2D eigenvalue weighted by Gasteiger charge is -2.37. The minimum atomic E-state index is 0.418. The molecule has 2 fully saturated rings. The number of hydrogen-bond acceptors (Lipinski definition) is 5. The van der Waals surface area contributed by atoms with Crippen molar-refractivity contribution in [3.05, 3.63) is 3.92 Å². The van der Waals surface area contributed by atoms with E-state index >= 15 is 0 Å². The summed E-state index contributed by atoms with van der Waals surface area (Å²) in [5, 5.41) is 9.23. The monoisotopic (exact) mass is 289 g/mol. The van der Waals surface area contributed by atoms with Crippen LogP contribution in [0.3, 0.4) is 0 Å². The summed E-state index contributed by atoms with van der Waals surface area (Å²) in [6.45, 7) is 1.77. The van der Waals surface area contributed by atoms with Crippen LogP contribution in [0.25, 0.3) is 0 Å². The van der Waals surface area contributed by atoms with Gasteiger partial charge in [-0.25, -0.2) is 0 Å². The molecule has 1 aromatic heterocycles. The standard InChI is InChI=1S/C9H12BrN3OS/c10-8-11-12-9(15-8)13-4-5-14-7-3-1-2-6(7)13/h6-7H,1-5H2. The molecule has 82 valence electrons. The van der Waals surface area contributed by atoms with Crippen LogP contribution in [0.1, 0.15) is 19.3 Å². The largest absolute Gasteiger partial charge is 0.374 e. The fourth-order valence-electron chi connectivity index (χ4n) is 2.48. The van der Waals surface area contributed by atoms with E-state index in [1.807, 2.05) is 0 Å². The molecule has 0 aromatic carbocycles. The third-order valence-electron chi connectivity index (χ3n) is 3.12. The molecule has 2 heterocycles. The molecule has 15 heavy (non-hydrogen) atoms. The van der Waals surface area contributed by atoms with Gasteiger partial charge in [0, 0.05) is 6.54 Å². The van der Waals surface area contributed by atoms with Crippen LogP contribution in [-0.2, 0) is 4.74 Å². The molecule has 0 spiro atoms. The zero-order valence-electron chi connectivity index (χ0n) is 8.23. The molecule has 1 saturated carbocycles. The minimum absolute atomic E-state index is 0.418. The average molecular weight is 290 g/mol. The van der Waals surface area contributed by atoms with Gasteiger partial charge in [0.25, 0.3) is 0 Å². The molecule has 1 saturated heterocycles. The van der Waals surface area contributed by atoms with E-state index in [2.05, 4.69) is 31.0 Å². The third kappa shape index (κ3) is 1.79. The van der Waals surface area contributed by atoms with Crippen molar-refractivity contribution in [2.45, 2.75) is 31.4 Å². The van der Waals surface area contributed by atoms with Crippen molar-refractivity contribution in [3.8, 4) is 0 Å². The minimum Gasteiger partial charge on any atom is -0.374 e. The molecule has 0 radical (unpaired) electrons. The molecule has 0 amide bonds. The van der Waals surface area contributed by atoms with E-state index in [0.29, 0.717) is 12.1 Å². The van der Waals surface area contributed by atoms with Crippen LogP contribution < -0.4 is 4.90 Å². The zero-order chi connectivity index (χ0) is 10.3. The van der Waals surface area contributed by atoms with Crippen molar-refractivity contribution in [2.24, 2.45) is 0 Å². The second kappa shape index (κ2) is 3.99. The maximum atomic E-state index is 5.76. The van der Waals surface area contributed by atoms with E-state index in [9.17, 15) is 0 Å². The van der Waals surface area contributed by atoms with Crippen molar-refractivity contribution in [1.82, 2.24) is 10.2 Å². The van der Waals surface area contributed by atoms with Gasteiger partial charge in [-0.15, -0.1) is 10.2 Å². The average Bonchev–Trinajstić information content (AvgIpc) is 2.84. The van der Waals surface area contributed by atoms with Crippen LogP contribution in [0.2, 0.25) is 0 Å². The lowest BCUT2D eigenvalue weighted by Crippen LogP contribution is -2.48. The zero-order valence-corrected chi connectivity index (χ0v) is 10.6. The Hall–Kier alpha value is -0.200. The van der Waals surface area contributed by atoms with Crippen LogP contribution in [-0.4, -0.2) is 35.5 Å². The lowest BCUT2D eigenvalue weighted by atomic mass is 10.1. The van der Waals surface area contributed by atoms with Crippen LogP contribution in [0.5, 0.6) is 0 Å². The highest BCUT2D eigenvalue weighted by Gasteiger charge is 2.37. The maximum Gasteiger partial charge on any atom is 0.209 e. The number of nitrogens with zero attached hydrogens (tertiary/aromatic N) is 3. The summed E-state index contributed by atoms with van der Waals surface area (Å²) in [5.74, 6) is 0. The summed E-state index contributed by atoms with van der Waals surface area (Å²) in [7, 11) is 0. The molecule has 2 aliphatic rings. The molecule has 0 N–H and O–H groups in total. The first-order valence-electron chi connectivity index (χ1n) is 5.22. The van der Waals surface area contributed by atoms with E-state index in [1.165, 1.54) is 19.3 Å². The second-order valence-corrected chi connectivity index (χ2v) is 6.17.